The van der Waals surface area contributed by atoms with E-state index < -0.39 is 5.60 Å². The van der Waals surface area contributed by atoms with Crippen LogP contribution in [0, 0.1) is 0 Å². The Kier molecular flexibility index (Phi) is 5.78. The molecule has 0 heterocycles. The van der Waals surface area contributed by atoms with Crippen molar-refractivity contribution in [2.45, 2.75) is 58.7 Å². The molecule has 1 N–H and O–H groups in total. The van der Waals surface area contributed by atoms with Crippen molar-refractivity contribution in [3.63, 3.8) is 0 Å². The molecular weight excluding hydrogens is 266 g/mol. The molecule has 0 aliphatic carbocycles. The van der Waals surface area contributed by atoms with E-state index in [1.165, 1.54) is 0 Å². The first-order valence-corrected chi connectivity index (χ1v) is 7.37. The Bertz CT molecular complexity index is 455. The second-order valence-corrected chi connectivity index (χ2v) is 6.20. The quantitative estimate of drug-likeness (QED) is 0.877. The van der Waals surface area contributed by atoms with Gasteiger partial charge in [-0.1, -0.05) is 12.1 Å². The molecule has 0 fully saturated rings. The lowest BCUT2D eigenvalue weighted by Crippen LogP contribution is -2.53. The van der Waals surface area contributed by atoms with Crippen LogP contribution in [0.15, 0.2) is 24.3 Å². The summed E-state index contributed by atoms with van der Waals surface area (Å²) in [7, 11) is 1.61. The summed E-state index contributed by atoms with van der Waals surface area (Å²) in [6, 6.07) is 7.52. The highest BCUT2D eigenvalue weighted by atomic mass is 16.5. The smallest absolute Gasteiger partial charge is 0.255 e. The van der Waals surface area contributed by atoms with Gasteiger partial charge in [0.05, 0.1) is 7.11 Å². The number of methoxy groups -OCH3 is 1. The van der Waals surface area contributed by atoms with Crippen LogP contribution in [0.25, 0.3) is 0 Å². The number of rotatable bonds is 6. The van der Waals surface area contributed by atoms with E-state index in [0.29, 0.717) is 0 Å². The van der Waals surface area contributed by atoms with Crippen molar-refractivity contribution in [2.75, 3.05) is 7.11 Å². The van der Waals surface area contributed by atoms with Crippen LogP contribution in [0.4, 0.5) is 0 Å². The average molecular weight is 293 g/mol. The predicted molar refractivity (Wildman–Crippen MR) is 84.4 cm³/mol. The van der Waals surface area contributed by atoms with Crippen molar-refractivity contribution in [1.29, 1.82) is 0 Å². The van der Waals surface area contributed by atoms with Crippen LogP contribution in [0.2, 0.25) is 0 Å². The van der Waals surface area contributed by atoms with Crippen molar-refractivity contribution < 1.29 is 14.6 Å². The van der Waals surface area contributed by atoms with Crippen LogP contribution in [-0.4, -0.2) is 40.7 Å². The molecule has 0 aliphatic rings. The number of ether oxygens (including phenoxy) is 1. The van der Waals surface area contributed by atoms with Crippen molar-refractivity contribution in [3.8, 4) is 5.75 Å². The highest BCUT2D eigenvalue weighted by Gasteiger charge is 2.36. The van der Waals surface area contributed by atoms with Crippen molar-refractivity contribution in [2.24, 2.45) is 0 Å². The zero-order valence-corrected chi connectivity index (χ0v) is 13.9. The maximum atomic E-state index is 12.6. The minimum absolute atomic E-state index is 0.0554. The number of hydrogen-bond donors (Lipinski definition) is 1. The Morgan fingerprint density at radius 2 is 1.67 bits per heavy atom. The van der Waals surface area contributed by atoms with Gasteiger partial charge in [0.25, 0.3) is 5.91 Å². The SMILES string of the molecule is COc1ccc(CC(C)(O)C(=O)N(C(C)C)C(C)C)cc1. The molecular formula is C17H27NO3. The normalized spacial score (nSPS) is 14.1. The Morgan fingerprint density at radius 3 is 2.05 bits per heavy atom. The maximum absolute atomic E-state index is 12.6. The lowest BCUT2D eigenvalue weighted by Gasteiger charge is -2.36. The average Bonchev–Trinajstić information content (AvgIpc) is 2.38. The Balaban J connectivity index is 2.90. The van der Waals surface area contributed by atoms with E-state index in [1.54, 1.807) is 18.9 Å². The Hall–Kier alpha value is -1.55. The first kappa shape index (κ1) is 17.5. The van der Waals surface area contributed by atoms with E-state index in [2.05, 4.69) is 0 Å². The van der Waals surface area contributed by atoms with Gasteiger partial charge in [-0.05, 0) is 52.3 Å². The molecule has 4 heteroatoms. The van der Waals surface area contributed by atoms with E-state index in [9.17, 15) is 9.90 Å². The fourth-order valence-corrected chi connectivity index (χ4v) is 2.56. The summed E-state index contributed by atoms with van der Waals surface area (Å²) in [5, 5.41) is 10.6. The fourth-order valence-electron chi connectivity index (χ4n) is 2.56. The maximum Gasteiger partial charge on any atom is 0.255 e. The first-order valence-electron chi connectivity index (χ1n) is 7.37. The van der Waals surface area contributed by atoms with Crippen LogP contribution in [-0.2, 0) is 11.2 Å². The van der Waals surface area contributed by atoms with Gasteiger partial charge in [0.2, 0.25) is 0 Å². The molecule has 21 heavy (non-hydrogen) atoms. The summed E-state index contributed by atoms with van der Waals surface area (Å²) in [5.74, 6) is 0.527. The highest BCUT2D eigenvalue weighted by molar-refractivity contribution is 5.85. The highest BCUT2D eigenvalue weighted by Crippen LogP contribution is 2.21. The molecule has 0 saturated carbocycles. The van der Waals surface area contributed by atoms with Crippen molar-refractivity contribution in [3.05, 3.63) is 29.8 Å². The van der Waals surface area contributed by atoms with Gasteiger partial charge in [-0.15, -0.1) is 0 Å². The molecule has 1 aromatic rings. The number of hydrogen-bond acceptors (Lipinski definition) is 3. The Labute approximate surface area is 127 Å². The lowest BCUT2D eigenvalue weighted by molar-refractivity contribution is -0.153. The van der Waals surface area contributed by atoms with Crippen LogP contribution < -0.4 is 4.74 Å². The van der Waals surface area contributed by atoms with Crippen molar-refractivity contribution >= 4 is 5.91 Å². The predicted octanol–water partition coefficient (Wildman–Crippen LogP) is 2.63. The zero-order valence-electron chi connectivity index (χ0n) is 13.9. The summed E-state index contributed by atoms with van der Waals surface area (Å²) in [6.45, 7) is 9.42. The third kappa shape index (κ3) is 4.46. The second-order valence-electron chi connectivity index (χ2n) is 6.20. The molecule has 0 aliphatic heterocycles. The van der Waals surface area contributed by atoms with Gasteiger partial charge in [0, 0.05) is 18.5 Å². The molecule has 0 radical (unpaired) electrons. The summed E-state index contributed by atoms with van der Waals surface area (Å²) in [5.41, 5.74) is -0.509. The number of carbonyl (C=O) groups is 1. The standard InChI is InChI=1S/C17H27NO3/c1-12(2)18(13(3)4)16(19)17(5,20)11-14-7-9-15(21-6)10-8-14/h7-10,12-13,20H,11H2,1-6H3. The summed E-state index contributed by atoms with van der Waals surface area (Å²) in [4.78, 5) is 14.4. The summed E-state index contributed by atoms with van der Waals surface area (Å²) in [6.07, 6.45) is 0.283. The molecule has 0 spiro atoms. The van der Waals surface area contributed by atoms with Crippen LogP contribution in [0.1, 0.15) is 40.2 Å². The van der Waals surface area contributed by atoms with Gasteiger partial charge in [0.15, 0.2) is 0 Å². The van der Waals surface area contributed by atoms with Gasteiger partial charge in [0.1, 0.15) is 11.4 Å². The third-order valence-corrected chi connectivity index (χ3v) is 3.52. The number of nitrogens with zero attached hydrogens (tertiary/aromatic N) is 1. The monoisotopic (exact) mass is 293 g/mol. The van der Waals surface area contributed by atoms with E-state index >= 15 is 0 Å². The second kappa shape index (κ2) is 6.94. The molecule has 0 saturated heterocycles. The van der Waals surface area contributed by atoms with Gasteiger partial charge in [-0.3, -0.25) is 4.79 Å². The number of aliphatic hydroxyl groups is 1. The minimum atomic E-state index is -1.41. The van der Waals surface area contributed by atoms with E-state index in [4.69, 9.17) is 4.74 Å². The molecule has 118 valence electrons. The molecule has 1 atom stereocenters. The van der Waals surface area contributed by atoms with E-state index in [1.807, 2.05) is 52.0 Å². The lowest BCUT2D eigenvalue weighted by atomic mass is 9.94. The molecule has 0 bridgehead atoms. The summed E-state index contributed by atoms with van der Waals surface area (Å²) >= 11 is 0. The van der Waals surface area contributed by atoms with Gasteiger partial charge in [-0.25, -0.2) is 0 Å². The fraction of sp³-hybridized carbons (Fsp3) is 0.588. The molecule has 1 aromatic carbocycles. The topological polar surface area (TPSA) is 49.8 Å². The molecule has 0 aromatic heterocycles. The van der Waals surface area contributed by atoms with E-state index in [-0.39, 0.29) is 24.4 Å². The van der Waals surface area contributed by atoms with Gasteiger partial charge < -0.3 is 14.7 Å². The zero-order chi connectivity index (χ0) is 16.2. The first-order chi connectivity index (χ1) is 9.69. The third-order valence-electron chi connectivity index (χ3n) is 3.52. The van der Waals surface area contributed by atoms with E-state index in [0.717, 1.165) is 11.3 Å². The van der Waals surface area contributed by atoms with Gasteiger partial charge in [-0.2, -0.15) is 0 Å². The van der Waals surface area contributed by atoms with Crippen LogP contribution in [0.5, 0.6) is 5.75 Å². The van der Waals surface area contributed by atoms with Gasteiger partial charge >= 0.3 is 0 Å². The minimum Gasteiger partial charge on any atom is -0.497 e. The molecule has 1 rings (SSSR count). The number of carbonyl (C=O) groups excluding carboxylic acids is 1. The number of amides is 1. The largest absolute Gasteiger partial charge is 0.497 e. The molecule has 4 nitrogen and oxygen atoms in total. The summed E-state index contributed by atoms with van der Waals surface area (Å²) < 4.78 is 5.11. The molecule has 1 unspecified atom stereocenters. The molecule has 1 amide bonds. The van der Waals surface area contributed by atoms with Crippen LogP contribution in [0.3, 0.4) is 0 Å². The van der Waals surface area contributed by atoms with Crippen LogP contribution >= 0.6 is 0 Å². The Morgan fingerprint density at radius 1 is 1.19 bits per heavy atom. The number of benzene rings is 1. The van der Waals surface area contributed by atoms with Crippen molar-refractivity contribution in [1.82, 2.24) is 4.90 Å².